The Kier molecular flexibility index (Phi) is 4.80. The molecule has 0 amide bonds. The number of nitrogens with one attached hydrogen (secondary N) is 1. The molecule has 126 valence electrons. The van der Waals surface area contributed by atoms with Gasteiger partial charge >= 0.3 is 0 Å². The summed E-state index contributed by atoms with van der Waals surface area (Å²) in [6, 6.07) is 27.9. The Bertz CT molecular complexity index is 814. The van der Waals surface area contributed by atoms with Crippen LogP contribution in [0.25, 0.3) is 0 Å². The largest absolute Gasteiger partial charge is 0.489 e. The van der Waals surface area contributed by atoms with Crippen LogP contribution in [0.4, 0.5) is 0 Å². The predicted octanol–water partition coefficient (Wildman–Crippen LogP) is 4.70. The molecule has 1 aliphatic heterocycles. The molecule has 0 aliphatic carbocycles. The summed E-state index contributed by atoms with van der Waals surface area (Å²) in [6.45, 7) is 1.64. The Balaban J connectivity index is 1.48. The normalized spacial score (nSPS) is 16.2. The highest BCUT2D eigenvalue weighted by Gasteiger charge is 2.20. The van der Waals surface area contributed by atoms with Gasteiger partial charge in [0.05, 0.1) is 0 Å². The van der Waals surface area contributed by atoms with Gasteiger partial charge in [-0.1, -0.05) is 66.7 Å². The quantitative estimate of drug-likeness (QED) is 0.733. The van der Waals surface area contributed by atoms with Gasteiger partial charge in [0.15, 0.2) is 0 Å². The summed E-state index contributed by atoms with van der Waals surface area (Å²) >= 11 is 0. The van der Waals surface area contributed by atoms with Gasteiger partial charge in [0, 0.05) is 6.04 Å². The fraction of sp³-hybridized carbons (Fsp3) is 0.217. The smallest absolute Gasteiger partial charge is 0.120 e. The molecule has 4 rings (SSSR count). The molecule has 2 heteroatoms. The summed E-state index contributed by atoms with van der Waals surface area (Å²) in [5, 5.41) is 3.66. The van der Waals surface area contributed by atoms with Crippen molar-refractivity contribution in [2.75, 3.05) is 6.54 Å². The molecule has 3 aromatic rings. The third-order valence-corrected chi connectivity index (χ3v) is 4.81. The van der Waals surface area contributed by atoms with Gasteiger partial charge in [-0.3, -0.25) is 0 Å². The van der Waals surface area contributed by atoms with Crippen LogP contribution < -0.4 is 10.1 Å². The minimum absolute atomic E-state index is 0.384. The zero-order valence-corrected chi connectivity index (χ0v) is 14.3. The minimum atomic E-state index is 0.384. The van der Waals surface area contributed by atoms with Crippen molar-refractivity contribution >= 4 is 0 Å². The van der Waals surface area contributed by atoms with E-state index < -0.39 is 0 Å². The molecule has 0 fully saturated rings. The third kappa shape index (κ3) is 3.92. The van der Waals surface area contributed by atoms with Crippen molar-refractivity contribution in [1.29, 1.82) is 0 Å². The van der Waals surface area contributed by atoms with Crippen molar-refractivity contribution in [2.24, 2.45) is 0 Å². The fourth-order valence-corrected chi connectivity index (χ4v) is 3.49. The van der Waals surface area contributed by atoms with Crippen LogP contribution in [-0.4, -0.2) is 6.54 Å². The number of hydrogen-bond donors (Lipinski definition) is 1. The SMILES string of the molecule is c1ccc(COc2ccc3c(c2)CCNC3Cc2ccccc2)cc1. The van der Waals surface area contributed by atoms with Gasteiger partial charge in [0.2, 0.25) is 0 Å². The van der Waals surface area contributed by atoms with E-state index in [-0.39, 0.29) is 0 Å². The number of ether oxygens (including phenoxy) is 1. The highest BCUT2D eigenvalue weighted by Crippen LogP contribution is 2.29. The average molecular weight is 329 g/mol. The van der Waals surface area contributed by atoms with Gasteiger partial charge in [0.25, 0.3) is 0 Å². The van der Waals surface area contributed by atoms with Gasteiger partial charge < -0.3 is 10.1 Å². The lowest BCUT2D eigenvalue weighted by Crippen LogP contribution is -2.31. The van der Waals surface area contributed by atoms with Gasteiger partial charge in [-0.25, -0.2) is 0 Å². The molecular weight excluding hydrogens is 306 g/mol. The van der Waals surface area contributed by atoms with Crippen LogP contribution in [-0.2, 0) is 19.4 Å². The van der Waals surface area contributed by atoms with Crippen LogP contribution in [0, 0.1) is 0 Å². The van der Waals surface area contributed by atoms with Crippen molar-refractivity contribution in [3.8, 4) is 5.75 Å². The Morgan fingerprint density at radius 2 is 1.56 bits per heavy atom. The van der Waals surface area contributed by atoms with E-state index in [0.717, 1.165) is 25.1 Å². The molecule has 0 saturated heterocycles. The maximum atomic E-state index is 5.99. The first-order valence-electron chi connectivity index (χ1n) is 8.95. The van der Waals surface area contributed by atoms with Crippen molar-refractivity contribution in [3.63, 3.8) is 0 Å². The molecule has 2 nitrogen and oxygen atoms in total. The second kappa shape index (κ2) is 7.54. The lowest BCUT2D eigenvalue weighted by Gasteiger charge is -2.27. The molecule has 1 aliphatic rings. The standard InChI is InChI=1S/C23H23NO/c1-3-7-18(8-4-1)15-23-22-12-11-21(16-20(22)13-14-24-23)25-17-19-9-5-2-6-10-19/h1-12,16,23-24H,13-15,17H2. The molecule has 0 bridgehead atoms. The van der Waals surface area contributed by atoms with Crippen LogP contribution >= 0.6 is 0 Å². The highest BCUT2D eigenvalue weighted by atomic mass is 16.5. The lowest BCUT2D eigenvalue weighted by atomic mass is 9.90. The summed E-state index contributed by atoms with van der Waals surface area (Å²) in [5.74, 6) is 0.961. The minimum Gasteiger partial charge on any atom is -0.489 e. The summed E-state index contributed by atoms with van der Waals surface area (Å²) < 4.78 is 5.99. The second-order valence-corrected chi connectivity index (χ2v) is 6.58. The summed E-state index contributed by atoms with van der Waals surface area (Å²) in [7, 11) is 0. The first kappa shape index (κ1) is 15.9. The van der Waals surface area contributed by atoms with Crippen LogP contribution in [0.2, 0.25) is 0 Å². The Morgan fingerprint density at radius 3 is 2.32 bits per heavy atom. The summed E-state index contributed by atoms with van der Waals surface area (Å²) in [4.78, 5) is 0. The fourth-order valence-electron chi connectivity index (χ4n) is 3.49. The van der Waals surface area contributed by atoms with Crippen LogP contribution in [0.3, 0.4) is 0 Å². The molecule has 3 aromatic carbocycles. The maximum Gasteiger partial charge on any atom is 0.120 e. The number of rotatable bonds is 5. The molecule has 1 heterocycles. The molecule has 0 aromatic heterocycles. The van der Waals surface area contributed by atoms with E-state index in [2.05, 4.69) is 66.0 Å². The molecule has 1 atom stereocenters. The topological polar surface area (TPSA) is 21.3 Å². The van der Waals surface area contributed by atoms with E-state index in [4.69, 9.17) is 4.74 Å². The zero-order valence-electron chi connectivity index (χ0n) is 14.3. The van der Waals surface area contributed by atoms with Crippen LogP contribution in [0.15, 0.2) is 78.9 Å². The monoisotopic (exact) mass is 329 g/mol. The van der Waals surface area contributed by atoms with E-state index in [1.54, 1.807) is 0 Å². The van der Waals surface area contributed by atoms with Gasteiger partial charge in [0.1, 0.15) is 12.4 Å². The molecular formula is C23H23NO. The van der Waals surface area contributed by atoms with Gasteiger partial charge in [-0.2, -0.15) is 0 Å². The van der Waals surface area contributed by atoms with E-state index in [1.807, 2.05) is 18.2 Å². The number of benzene rings is 3. The molecule has 0 spiro atoms. The Morgan fingerprint density at radius 1 is 0.840 bits per heavy atom. The summed E-state index contributed by atoms with van der Waals surface area (Å²) in [5.41, 5.74) is 5.38. The average Bonchev–Trinajstić information content (AvgIpc) is 2.68. The molecule has 0 saturated carbocycles. The molecule has 25 heavy (non-hydrogen) atoms. The first-order chi connectivity index (χ1) is 12.4. The number of hydrogen-bond acceptors (Lipinski definition) is 2. The summed E-state index contributed by atoms with van der Waals surface area (Å²) in [6.07, 6.45) is 2.08. The zero-order chi connectivity index (χ0) is 16.9. The van der Waals surface area contributed by atoms with E-state index >= 15 is 0 Å². The van der Waals surface area contributed by atoms with Crippen LogP contribution in [0.5, 0.6) is 5.75 Å². The molecule has 1 unspecified atom stereocenters. The van der Waals surface area contributed by atoms with E-state index in [0.29, 0.717) is 12.6 Å². The van der Waals surface area contributed by atoms with Gasteiger partial charge in [-0.05, 0) is 53.8 Å². The van der Waals surface area contributed by atoms with E-state index in [9.17, 15) is 0 Å². The predicted molar refractivity (Wildman–Crippen MR) is 102 cm³/mol. The van der Waals surface area contributed by atoms with Crippen molar-refractivity contribution < 1.29 is 4.74 Å². The van der Waals surface area contributed by atoms with Crippen molar-refractivity contribution in [3.05, 3.63) is 101 Å². The van der Waals surface area contributed by atoms with Crippen molar-refractivity contribution in [2.45, 2.75) is 25.5 Å². The van der Waals surface area contributed by atoms with Crippen LogP contribution in [0.1, 0.15) is 28.3 Å². The maximum absolute atomic E-state index is 5.99. The van der Waals surface area contributed by atoms with Crippen molar-refractivity contribution in [1.82, 2.24) is 5.32 Å². The highest BCUT2D eigenvalue weighted by molar-refractivity contribution is 5.40. The van der Waals surface area contributed by atoms with E-state index in [1.165, 1.54) is 22.3 Å². The first-order valence-corrected chi connectivity index (χ1v) is 8.95. The molecule has 1 N–H and O–H groups in total. The second-order valence-electron chi connectivity index (χ2n) is 6.58. The Labute approximate surface area is 149 Å². The lowest BCUT2D eigenvalue weighted by molar-refractivity contribution is 0.305. The van der Waals surface area contributed by atoms with Gasteiger partial charge in [-0.15, -0.1) is 0 Å². The third-order valence-electron chi connectivity index (χ3n) is 4.81. The molecule has 0 radical (unpaired) electrons. The Hall–Kier alpha value is -2.58. The number of fused-ring (bicyclic) bond motifs is 1.